The fourth-order valence-corrected chi connectivity index (χ4v) is 3.69. The summed E-state index contributed by atoms with van der Waals surface area (Å²) in [5, 5.41) is 3.40. The summed E-state index contributed by atoms with van der Waals surface area (Å²) in [7, 11) is 0. The van der Waals surface area contributed by atoms with Crippen LogP contribution in [0, 0.1) is 0 Å². The number of carbonyl (C=O) groups excluding carboxylic acids is 1. The molecule has 2 aliphatic heterocycles. The van der Waals surface area contributed by atoms with Crippen molar-refractivity contribution in [3.63, 3.8) is 0 Å². The van der Waals surface area contributed by atoms with Gasteiger partial charge in [-0.1, -0.05) is 0 Å². The topological polar surface area (TPSA) is 41.6 Å². The van der Waals surface area contributed by atoms with E-state index in [0.717, 1.165) is 31.9 Å². The lowest BCUT2D eigenvalue weighted by molar-refractivity contribution is -0.131. The molecule has 3 atom stereocenters. The highest BCUT2D eigenvalue weighted by Gasteiger charge is 2.27. The van der Waals surface area contributed by atoms with Crippen LogP contribution in [0.5, 0.6) is 0 Å². The van der Waals surface area contributed by atoms with Gasteiger partial charge in [-0.05, 0) is 33.1 Å². The Kier molecular flexibility index (Phi) is 5.98. The number of rotatable bonds is 4. The van der Waals surface area contributed by atoms with Gasteiger partial charge in [-0.3, -0.25) is 4.79 Å². The molecule has 3 unspecified atom stereocenters. The molecule has 2 heterocycles. The van der Waals surface area contributed by atoms with Crippen molar-refractivity contribution in [1.29, 1.82) is 0 Å². The molecule has 2 rings (SSSR count). The first-order valence-corrected chi connectivity index (χ1v) is 8.56. The molecule has 2 aliphatic rings. The van der Waals surface area contributed by atoms with Gasteiger partial charge in [0.1, 0.15) is 0 Å². The Morgan fingerprint density at radius 1 is 1.42 bits per heavy atom. The summed E-state index contributed by atoms with van der Waals surface area (Å²) >= 11 is 1.73. The zero-order valence-corrected chi connectivity index (χ0v) is 12.9. The van der Waals surface area contributed by atoms with Crippen LogP contribution < -0.4 is 5.32 Å². The van der Waals surface area contributed by atoms with Crippen LogP contribution in [-0.2, 0) is 9.53 Å². The number of carbonyl (C=O) groups is 1. The standard InChI is InChI=1S/C14H26N2O2S/c1-11-12(2)16(7-6-15-11)14(17)10-19-9-13-5-3-4-8-18-13/h11-13,15H,3-10H2,1-2H3. The van der Waals surface area contributed by atoms with E-state index in [-0.39, 0.29) is 5.91 Å². The summed E-state index contributed by atoms with van der Waals surface area (Å²) in [6.45, 7) is 6.92. The van der Waals surface area contributed by atoms with Crippen molar-refractivity contribution in [3.8, 4) is 0 Å². The van der Waals surface area contributed by atoms with E-state index in [2.05, 4.69) is 19.2 Å². The molecule has 0 bridgehead atoms. The average molecular weight is 286 g/mol. The number of nitrogens with zero attached hydrogens (tertiary/aromatic N) is 1. The van der Waals surface area contributed by atoms with Gasteiger partial charge in [0.25, 0.3) is 0 Å². The van der Waals surface area contributed by atoms with E-state index in [0.29, 0.717) is 23.9 Å². The number of nitrogens with one attached hydrogen (secondary N) is 1. The molecule has 0 aliphatic carbocycles. The number of thioether (sulfide) groups is 1. The van der Waals surface area contributed by atoms with Gasteiger partial charge in [-0.25, -0.2) is 0 Å². The lowest BCUT2D eigenvalue weighted by Gasteiger charge is -2.38. The Labute approximate surface area is 120 Å². The van der Waals surface area contributed by atoms with Crippen molar-refractivity contribution in [1.82, 2.24) is 10.2 Å². The fraction of sp³-hybridized carbons (Fsp3) is 0.929. The van der Waals surface area contributed by atoms with Gasteiger partial charge in [0.2, 0.25) is 5.91 Å². The van der Waals surface area contributed by atoms with Crippen LogP contribution in [-0.4, -0.2) is 60.2 Å². The second kappa shape index (κ2) is 7.50. The quantitative estimate of drug-likeness (QED) is 0.850. The Morgan fingerprint density at radius 3 is 3.00 bits per heavy atom. The minimum Gasteiger partial charge on any atom is -0.377 e. The Morgan fingerprint density at radius 2 is 2.26 bits per heavy atom. The van der Waals surface area contributed by atoms with Crippen molar-refractivity contribution in [3.05, 3.63) is 0 Å². The summed E-state index contributed by atoms with van der Waals surface area (Å²) < 4.78 is 5.69. The summed E-state index contributed by atoms with van der Waals surface area (Å²) in [5.41, 5.74) is 0. The molecular weight excluding hydrogens is 260 g/mol. The lowest BCUT2D eigenvalue weighted by Crippen LogP contribution is -2.57. The van der Waals surface area contributed by atoms with Gasteiger partial charge in [0.15, 0.2) is 0 Å². The van der Waals surface area contributed by atoms with Crippen LogP contribution >= 0.6 is 11.8 Å². The zero-order chi connectivity index (χ0) is 13.7. The summed E-state index contributed by atoms with van der Waals surface area (Å²) in [6.07, 6.45) is 3.98. The maximum absolute atomic E-state index is 12.2. The van der Waals surface area contributed by atoms with Gasteiger partial charge in [0.05, 0.1) is 11.9 Å². The molecular formula is C14H26N2O2S. The maximum atomic E-state index is 12.2. The van der Waals surface area contributed by atoms with Gasteiger partial charge in [0, 0.05) is 37.5 Å². The monoisotopic (exact) mass is 286 g/mol. The van der Waals surface area contributed by atoms with E-state index in [1.54, 1.807) is 11.8 Å². The molecule has 0 radical (unpaired) electrons. The van der Waals surface area contributed by atoms with Gasteiger partial charge < -0.3 is 15.0 Å². The molecule has 0 aromatic heterocycles. The highest BCUT2D eigenvalue weighted by atomic mass is 32.2. The van der Waals surface area contributed by atoms with Crippen molar-refractivity contribution in [2.75, 3.05) is 31.2 Å². The molecule has 4 nitrogen and oxygen atoms in total. The molecule has 110 valence electrons. The first-order chi connectivity index (χ1) is 9.18. The number of piperazine rings is 1. The van der Waals surface area contributed by atoms with Crippen LogP contribution in [0.2, 0.25) is 0 Å². The first-order valence-electron chi connectivity index (χ1n) is 7.40. The SMILES string of the molecule is CC1NCCN(C(=O)CSCC2CCCCO2)C1C. The van der Waals surface area contributed by atoms with E-state index >= 15 is 0 Å². The summed E-state index contributed by atoms with van der Waals surface area (Å²) in [6, 6.07) is 0.692. The van der Waals surface area contributed by atoms with Crippen LogP contribution in [0.4, 0.5) is 0 Å². The highest BCUT2D eigenvalue weighted by Crippen LogP contribution is 2.18. The molecule has 0 aromatic rings. The molecule has 0 spiro atoms. The Hall–Kier alpha value is -0.260. The third-order valence-corrected chi connectivity index (χ3v) is 5.22. The van der Waals surface area contributed by atoms with Crippen LogP contribution in [0.15, 0.2) is 0 Å². The van der Waals surface area contributed by atoms with E-state index in [4.69, 9.17) is 4.74 Å². The third kappa shape index (κ3) is 4.36. The smallest absolute Gasteiger partial charge is 0.232 e. The van der Waals surface area contributed by atoms with Crippen LogP contribution in [0.1, 0.15) is 33.1 Å². The van der Waals surface area contributed by atoms with E-state index < -0.39 is 0 Å². The van der Waals surface area contributed by atoms with Crippen LogP contribution in [0.3, 0.4) is 0 Å². The predicted molar refractivity (Wildman–Crippen MR) is 79.6 cm³/mol. The normalized spacial score (nSPS) is 32.3. The summed E-state index contributed by atoms with van der Waals surface area (Å²) in [5.74, 6) is 1.83. The van der Waals surface area contributed by atoms with Gasteiger partial charge in [-0.15, -0.1) is 11.8 Å². The molecule has 1 amide bonds. The number of hydrogen-bond acceptors (Lipinski definition) is 4. The van der Waals surface area contributed by atoms with Crippen molar-refractivity contribution >= 4 is 17.7 Å². The number of hydrogen-bond donors (Lipinski definition) is 1. The molecule has 5 heteroatoms. The number of ether oxygens (including phenoxy) is 1. The molecule has 19 heavy (non-hydrogen) atoms. The molecule has 2 fully saturated rings. The van der Waals surface area contributed by atoms with E-state index in [1.165, 1.54) is 12.8 Å². The van der Waals surface area contributed by atoms with Crippen molar-refractivity contribution in [2.45, 2.75) is 51.3 Å². The van der Waals surface area contributed by atoms with Crippen LogP contribution in [0.25, 0.3) is 0 Å². The average Bonchev–Trinajstić information content (AvgIpc) is 2.43. The fourth-order valence-electron chi connectivity index (χ4n) is 2.71. The second-order valence-corrected chi connectivity index (χ2v) is 6.60. The predicted octanol–water partition coefficient (Wildman–Crippen LogP) is 1.50. The largest absolute Gasteiger partial charge is 0.377 e. The number of amides is 1. The summed E-state index contributed by atoms with van der Waals surface area (Å²) in [4.78, 5) is 14.3. The highest BCUT2D eigenvalue weighted by molar-refractivity contribution is 7.99. The second-order valence-electron chi connectivity index (χ2n) is 5.57. The maximum Gasteiger partial charge on any atom is 0.232 e. The van der Waals surface area contributed by atoms with Crippen molar-refractivity contribution in [2.24, 2.45) is 0 Å². The molecule has 0 saturated carbocycles. The minimum atomic E-state index is 0.279. The first kappa shape index (κ1) is 15.1. The van der Waals surface area contributed by atoms with E-state index in [9.17, 15) is 4.79 Å². The third-order valence-electron chi connectivity index (χ3n) is 4.16. The Balaban J connectivity index is 1.68. The molecule has 2 saturated heterocycles. The van der Waals surface area contributed by atoms with Gasteiger partial charge >= 0.3 is 0 Å². The minimum absolute atomic E-state index is 0.279. The molecule has 1 N–H and O–H groups in total. The van der Waals surface area contributed by atoms with Crippen molar-refractivity contribution < 1.29 is 9.53 Å². The lowest BCUT2D eigenvalue weighted by atomic mass is 10.1. The Bertz CT molecular complexity index is 295. The van der Waals surface area contributed by atoms with E-state index in [1.807, 2.05) is 4.90 Å². The zero-order valence-electron chi connectivity index (χ0n) is 12.1. The van der Waals surface area contributed by atoms with Gasteiger partial charge in [-0.2, -0.15) is 0 Å². The molecule has 0 aromatic carbocycles.